The molecule has 0 aliphatic carbocycles. The zero-order valence-electron chi connectivity index (χ0n) is 21.4. The Labute approximate surface area is 240 Å². The standard InChI is InChI=1S/C24H23N7O8S2/c1-29-24(26-27-28-29)41-10-11-9-40-21-16(20(35)31(21)17(11)23(38)39)25-15(32)8-4-7-14(22(36)37)30-18(33)12-5-2-3-6-13(12)19(30)34/h2-3,5-6,14,16,21H,4,7-10H2,1H3,(H,25,32)(H,36,37)(H,38,39)/t14?,16-,21+/m1/s1. The molecule has 0 bridgehead atoms. The van der Waals surface area contributed by atoms with Crippen molar-refractivity contribution < 1.29 is 39.0 Å². The van der Waals surface area contributed by atoms with Crippen LogP contribution in [0.1, 0.15) is 40.0 Å². The number of fused-ring (bicyclic) bond motifs is 2. The molecule has 17 heteroatoms. The number of aromatic nitrogens is 4. The third kappa shape index (κ3) is 5.17. The predicted molar refractivity (Wildman–Crippen MR) is 141 cm³/mol. The van der Waals surface area contributed by atoms with Crippen molar-refractivity contribution in [3.8, 4) is 0 Å². The van der Waals surface area contributed by atoms with Crippen LogP contribution in [0, 0.1) is 0 Å². The molecule has 4 amide bonds. The average molecular weight is 602 g/mol. The molecule has 214 valence electrons. The minimum absolute atomic E-state index is 0.0250. The van der Waals surface area contributed by atoms with Gasteiger partial charge in [-0.3, -0.25) is 29.0 Å². The molecule has 3 aliphatic rings. The second kappa shape index (κ2) is 11.3. The van der Waals surface area contributed by atoms with Crippen molar-refractivity contribution in [1.29, 1.82) is 0 Å². The third-order valence-electron chi connectivity index (χ3n) is 6.83. The van der Waals surface area contributed by atoms with Crippen LogP contribution in [-0.4, -0.2) is 105 Å². The van der Waals surface area contributed by atoms with E-state index in [0.29, 0.717) is 21.4 Å². The number of hydrogen-bond acceptors (Lipinski definition) is 11. The Morgan fingerprint density at radius 1 is 1.15 bits per heavy atom. The molecule has 3 N–H and O–H groups in total. The zero-order valence-corrected chi connectivity index (χ0v) is 23.1. The summed E-state index contributed by atoms with van der Waals surface area (Å²) in [5.41, 5.74) is 0.651. The normalized spacial score (nSPS) is 20.5. The highest BCUT2D eigenvalue weighted by atomic mass is 32.2. The summed E-state index contributed by atoms with van der Waals surface area (Å²) in [6.07, 6.45) is -0.300. The number of benzene rings is 1. The van der Waals surface area contributed by atoms with E-state index in [9.17, 15) is 39.0 Å². The maximum Gasteiger partial charge on any atom is 0.352 e. The number of carboxylic acids is 2. The Morgan fingerprint density at radius 3 is 2.41 bits per heavy atom. The number of carbonyl (C=O) groups is 6. The Hall–Kier alpha value is -4.25. The summed E-state index contributed by atoms with van der Waals surface area (Å²) < 4.78 is 1.45. The molecule has 1 aromatic heterocycles. The average Bonchev–Trinajstić information content (AvgIpc) is 3.47. The third-order valence-corrected chi connectivity index (χ3v) is 9.26. The van der Waals surface area contributed by atoms with Crippen LogP contribution in [0.5, 0.6) is 0 Å². The van der Waals surface area contributed by atoms with E-state index in [-0.39, 0.29) is 41.8 Å². The van der Waals surface area contributed by atoms with Crippen LogP contribution in [0.15, 0.2) is 40.7 Å². The van der Waals surface area contributed by atoms with Crippen LogP contribution >= 0.6 is 23.5 Å². The molecule has 1 unspecified atom stereocenters. The van der Waals surface area contributed by atoms with Crippen molar-refractivity contribution >= 4 is 59.1 Å². The van der Waals surface area contributed by atoms with E-state index >= 15 is 0 Å². The van der Waals surface area contributed by atoms with E-state index in [2.05, 4.69) is 20.8 Å². The lowest BCUT2D eigenvalue weighted by Gasteiger charge is -2.49. The molecule has 41 heavy (non-hydrogen) atoms. The molecule has 4 heterocycles. The summed E-state index contributed by atoms with van der Waals surface area (Å²) in [7, 11) is 1.65. The predicted octanol–water partition coefficient (Wildman–Crippen LogP) is -0.0395. The number of thioether (sulfide) groups is 2. The van der Waals surface area contributed by atoms with Gasteiger partial charge in [0.05, 0.1) is 11.1 Å². The molecular formula is C24H23N7O8S2. The largest absolute Gasteiger partial charge is 0.480 e. The molecular weight excluding hydrogens is 578 g/mol. The summed E-state index contributed by atoms with van der Waals surface area (Å²) in [5.74, 6) is -4.56. The number of hydrogen-bond donors (Lipinski definition) is 3. The first-order chi connectivity index (χ1) is 19.6. The van der Waals surface area contributed by atoms with Crippen molar-refractivity contribution in [3.05, 3.63) is 46.7 Å². The van der Waals surface area contributed by atoms with Gasteiger partial charge in [0.2, 0.25) is 11.1 Å². The van der Waals surface area contributed by atoms with Crippen molar-refractivity contribution in [2.45, 2.75) is 41.9 Å². The zero-order chi connectivity index (χ0) is 29.4. The van der Waals surface area contributed by atoms with Gasteiger partial charge >= 0.3 is 11.9 Å². The maximum absolute atomic E-state index is 12.9. The Bertz CT molecular complexity index is 1470. The number of nitrogens with zero attached hydrogens (tertiary/aromatic N) is 6. The SMILES string of the molecule is Cn1nnnc1SCC1=C(C(=O)O)N2C(=O)[C@@H](NC(=O)CCCC(C(=O)O)N3C(=O)c4ccccc4C3=O)[C@@H]2SC1. The Kier molecular flexibility index (Phi) is 7.81. The number of aryl methyl sites for hydroxylation is 1. The van der Waals surface area contributed by atoms with Gasteiger partial charge in [0.1, 0.15) is 23.2 Å². The summed E-state index contributed by atoms with van der Waals surface area (Å²) in [4.78, 5) is 76.7. The molecule has 0 spiro atoms. The van der Waals surface area contributed by atoms with Crippen molar-refractivity contribution in [3.63, 3.8) is 0 Å². The Balaban J connectivity index is 1.17. The number of nitrogens with one attached hydrogen (secondary N) is 1. The highest BCUT2D eigenvalue weighted by molar-refractivity contribution is 8.01. The number of rotatable bonds is 11. The van der Waals surface area contributed by atoms with Crippen LogP contribution in [0.3, 0.4) is 0 Å². The lowest BCUT2D eigenvalue weighted by molar-refractivity contribution is -0.150. The van der Waals surface area contributed by atoms with E-state index < -0.39 is 53.0 Å². The molecule has 0 radical (unpaired) electrons. The highest BCUT2D eigenvalue weighted by Gasteiger charge is 2.54. The van der Waals surface area contributed by atoms with Gasteiger partial charge in [-0.25, -0.2) is 14.3 Å². The van der Waals surface area contributed by atoms with E-state index in [1.807, 2.05) is 0 Å². The van der Waals surface area contributed by atoms with Crippen LogP contribution in [0.2, 0.25) is 0 Å². The van der Waals surface area contributed by atoms with Gasteiger partial charge in [0.25, 0.3) is 17.7 Å². The van der Waals surface area contributed by atoms with Gasteiger partial charge in [0, 0.05) is 25.0 Å². The number of tetrazole rings is 1. The van der Waals surface area contributed by atoms with E-state index in [1.165, 1.54) is 40.3 Å². The van der Waals surface area contributed by atoms with Gasteiger partial charge in [0.15, 0.2) is 0 Å². The van der Waals surface area contributed by atoms with Crippen molar-refractivity contribution in [2.75, 3.05) is 11.5 Å². The first kappa shape index (κ1) is 28.3. The molecule has 1 fully saturated rings. The van der Waals surface area contributed by atoms with Crippen molar-refractivity contribution in [1.82, 2.24) is 35.3 Å². The van der Waals surface area contributed by atoms with Crippen LogP contribution in [0.25, 0.3) is 0 Å². The van der Waals surface area contributed by atoms with Crippen LogP contribution in [-0.2, 0) is 26.2 Å². The molecule has 5 rings (SSSR count). The minimum atomic E-state index is -1.46. The topological polar surface area (TPSA) is 205 Å². The maximum atomic E-state index is 12.9. The van der Waals surface area contributed by atoms with Gasteiger partial charge in [-0.2, -0.15) is 0 Å². The summed E-state index contributed by atoms with van der Waals surface area (Å²) >= 11 is 2.56. The lowest BCUT2D eigenvalue weighted by atomic mass is 10.0. The molecule has 1 saturated heterocycles. The van der Waals surface area contributed by atoms with Gasteiger partial charge in [-0.1, -0.05) is 23.9 Å². The van der Waals surface area contributed by atoms with E-state index in [0.717, 1.165) is 4.90 Å². The lowest BCUT2D eigenvalue weighted by Crippen LogP contribution is -2.70. The fraction of sp³-hybridized carbons (Fsp3) is 0.375. The molecule has 3 atom stereocenters. The molecule has 2 aromatic rings. The van der Waals surface area contributed by atoms with Gasteiger partial charge in [-0.05, 0) is 41.0 Å². The van der Waals surface area contributed by atoms with Crippen molar-refractivity contribution in [2.24, 2.45) is 7.05 Å². The van der Waals surface area contributed by atoms with Gasteiger partial charge in [-0.15, -0.1) is 16.9 Å². The number of β-lactam (4-membered cyclic amide) rings is 1. The van der Waals surface area contributed by atoms with E-state index in [4.69, 9.17) is 0 Å². The number of carbonyl (C=O) groups excluding carboxylic acids is 4. The summed E-state index contributed by atoms with van der Waals surface area (Å²) in [5, 5.41) is 33.1. The molecule has 3 aliphatic heterocycles. The smallest absolute Gasteiger partial charge is 0.352 e. The fourth-order valence-corrected chi connectivity index (χ4v) is 7.18. The highest BCUT2D eigenvalue weighted by Crippen LogP contribution is 2.41. The van der Waals surface area contributed by atoms with Crippen LogP contribution < -0.4 is 5.32 Å². The molecule has 15 nitrogen and oxygen atoms in total. The summed E-state index contributed by atoms with van der Waals surface area (Å²) in [6.45, 7) is 0. The van der Waals surface area contributed by atoms with Crippen LogP contribution in [0.4, 0.5) is 0 Å². The monoisotopic (exact) mass is 601 g/mol. The molecule has 0 saturated carbocycles. The quantitative estimate of drug-likeness (QED) is 0.176. The fourth-order valence-electron chi connectivity index (χ4n) is 4.85. The van der Waals surface area contributed by atoms with E-state index in [1.54, 1.807) is 19.2 Å². The number of imide groups is 1. The minimum Gasteiger partial charge on any atom is -0.480 e. The first-order valence-corrected chi connectivity index (χ1v) is 14.4. The summed E-state index contributed by atoms with van der Waals surface area (Å²) in [6, 6.07) is 3.66. The second-order valence-electron chi connectivity index (χ2n) is 9.36. The first-order valence-electron chi connectivity index (χ1n) is 12.3. The number of carboxylic acid groups (broad SMARTS) is 2. The number of aliphatic carboxylic acids is 2. The number of amides is 4. The molecule has 1 aromatic carbocycles. The Morgan fingerprint density at radius 2 is 1.83 bits per heavy atom. The second-order valence-corrected chi connectivity index (χ2v) is 11.4. The van der Waals surface area contributed by atoms with Gasteiger partial charge < -0.3 is 15.5 Å².